The van der Waals surface area contributed by atoms with Crippen molar-refractivity contribution in [2.45, 2.75) is 25.0 Å². The fourth-order valence-corrected chi connectivity index (χ4v) is 2.81. The van der Waals surface area contributed by atoms with E-state index in [-0.39, 0.29) is 0 Å². The van der Waals surface area contributed by atoms with Crippen LogP contribution in [0, 0.1) is 0 Å². The number of furan rings is 1. The third-order valence-electron chi connectivity index (χ3n) is 4.09. The van der Waals surface area contributed by atoms with Crippen LogP contribution in [0.3, 0.4) is 0 Å². The molecule has 0 N–H and O–H groups in total. The highest BCUT2D eigenvalue weighted by atomic mass is 16.8. The number of rotatable bonds is 3. The van der Waals surface area contributed by atoms with Crippen LogP contribution < -0.4 is 0 Å². The molecular formula is C14H15N3O5. The van der Waals surface area contributed by atoms with Gasteiger partial charge in [0.05, 0.1) is 12.8 Å². The Morgan fingerprint density at radius 1 is 1.32 bits per heavy atom. The summed E-state index contributed by atoms with van der Waals surface area (Å²) in [6.07, 6.45) is 2.50. The van der Waals surface area contributed by atoms with Crippen LogP contribution in [0.2, 0.25) is 0 Å². The normalized spacial score (nSPS) is 21.0. The smallest absolute Gasteiger partial charge is 0.461 e. The molecule has 2 aromatic rings. The quantitative estimate of drug-likeness (QED) is 0.793. The fourth-order valence-electron chi connectivity index (χ4n) is 2.81. The van der Waals surface area contributed by atoms with Gasteiger partial charge in [-0.05, 0) is 12.1 Å². The number of likely N-dealkylation sites (tertiary alicyclic amines) is 1. The van der Waals surface area contributed by atoms with Gasteiger partial charge in [-0.2, -0.15) is 4.98 Å². The zero-order valence-corrected chi connectivity index (χ0v) is 11.9. The van der Waals surface area contributed by atoms with Crippen LogP contribution in [0.5, 0.6) is 0 Å². The van der Waals surface area contributed by atoms with E-state index >= 15 is 0 Å². The Morgan fingerprint density at radius 3 is 2.86 bits per heavy atom. The topological polar surface area (TPSA) is 90.8 Å². The summed E-state index contributed by atoms with van der Waals surface area (Å²) in [6, 6.07) is 3.56. The molecule has 2 aliphatic heterocycles. The second-order valence-corrected chi connectivity index (χ2v) is 5.59. The van der Waals surface area contributed by atoms with Crippen molar-refractivity contribution >= 4 is 6.16 Å². The minimum Gasteiger partial charge on any atom is -0.461 e. The zero-order chi connectivity index (χ0) is 15.0. The maximum absolute atomic E-state index is 11.1. The lowest BCUT2D eigenvalue weighted by atomic mass is 9.92. The van der Waals surface area contributed by atoms with Gasteiger partial charge < -0.3 is 18.4 Å². The summed E-state index contributed by atoms with van der Waals surface area (Å²) in [5.74, 6) is 1.58. The second-order valence-electron chi connectivity index (χ2n) is 5.59. The van der Waals surface area contributed by atoms with Gasteiger partial charge in [0.1, 0.15) is 6.61 Å². The number of hydrogen-bond acceptors (Lipinski definition) is 8. The molecule has 4 rings (SSSR count). The van der Waals surface area contributed by atoms with Crippen LogP contribution >= 0.6 is 0 Å². The molecular weight excluding hydrogens is 290 g/mol. The molecule has 0 atom stereocenters. The Morgan fingerprint density at radius 2 is 2.18 bits per heavy atom. The lowest BCUT2D eigenvalue weighted by molar-refractivity contribution is -0.00374. The van der Waals surface area contributed by atoms with Crippen LogP contribution in [0.1, 0.15) is 18.7 Å². The molecule has 1 spiro atoms. The maximum Gasteiger partial charge on any atom is 0.509 e. The van der Waals surface area contributed by atoms with Crippen molar-refractivity contribution in [3.63, 3.8) is 0 Å². The molecule has 8 nitrogen and oxygen atoms in total. The van der Waals surface area contributed by atoms with Crippen LogP contribution in [0.4, 0.5) is 4.79 Å². The Bertz CT molecular complexity index is 658. The van der Waals surface area contributed by atoms with E-state index < -0.39 is 11.8 Å². The highest BCUT2D eigenvalue weighted by Gasteiger charge is 2.44. The summed E-state index contributed by atoms with van der Waals surface area (Å²) in [7, 11) is 0. The van der Waals surface area contributed by atoms with Gasteiger partial charge in [0, 0.05) is 25.9 Å². The number of aromatic nitrogens is 2. The standard InChI is InChI=1S/C14H15N3O5/c18-13-20-9-14(21-13)3-5-17(6-4-14)8-11-15-12(16-22-11)10-2-1-7-19-10/h1-2,7H,3-6,8-9H2. The number of nitrogens with zero attached hydrogens (tertiary/aromatic N) is 3. The Balaban J connectivity index is 1.36. The second kappa shape index (κ2) is 5.13. The van der Waals surface area contributed by atoms with Crippen molar-refractivity contribution in [3.05, 3.63) is 24.3 Å². The van der Waals surface area contributed by atoms with Crippen molar-refractivity contribution < 1.29 is 23.2 Å². The number of carbonyl (C=O) groups is 1. The molecule has 0 amide bonds. The van der Waals surface area contributed by atoms with E-state index in [1.807, 2.05) is 0 Å². The molecule has 8 heteroatoms. The highest BCUT2D eigenvalue weighted by Crippen LogP contribution is 2.32. The van der Waals surface area contributed by atoms with E-state index in [1.165, 1.54) is 0 Å². The summed E-state index contributed by atoms with van der Waals surface area (Å²) < 4.78 is 20.7. The predicted molar refractivity (Wildman–Crippen MR) is 71.7 cm³/mol. The summed E-state index contributed by atoms with van der Waals surface area (Å²) >= 11 is 0. The predicted octanol–water partition coefficient (Wildman–Crippen LogP) is 1.83. The molecule has 2 aromatic heterocycles. The summed E-state index contributed by atoms with van der Waals surface area (Å²) in [6.45, 7) is 2.49. The Labute approximate surface area is 126 Å². The highest BCUT2D eigenvalue weighted by molar-refractivity contribution is 5.62. The minimum atomic E-state index is -0.562. The first-order valence-electron chi connectivity index (χ1n) is 7.17. The number of piperidine rings is 1. The van der Waals surface area contributed by atoms with Crippen LogP contribution in [0.15, 0.2) is 27.3 Å². The third-order valence-corrected chi connectivity index (χ3v) is 4.09. The van der Waals surface area contributed by atoms with Gasteiger partial charge >= 0.3 is 6.16 Å². The van der Waals surface area contributed by atoms with Gasteiger partial charge in [0.15, 0.2) is 11.4 Å². The molecule has 0 bridgehead atoms. The largest absolute Gasteiger partial charge is 0.509 e. The molecule has 2 fully saturated rings. The molecule has 0 aliphatic carbocycles. The van der Waals surface area contributed by atoms with E-state index in [4.69, 9.17) is 18.4 Å². The first kappa shape index (κ1) is 13.3. The van der Waals surface area contributed by atoms with Gasteiger partial charge in [0.2, 0.25) is 11.7 Å². The van der Waals surface area contributed by atoms with Crippen molar-refractivity contribution in [1.82, 2.24) is 15.0 Å². The van der Waals surface area contributed by atoms with Crippen LogP contribution in [-0.4, -0.2) is 46.5 Å². The Kier molecular flexibility index (Phi) is 3.11. The van der Waals surface area contributed by atoms with E-state index in [9.17, 15) is 4.79 Å². The molecule has 2 aliphatic rings. The van der Waals surface area contributed by atoms with E-state index in [0.717, 1.165) is 25.9 Å². The SMILES string of the molecule is O=C1OCC2(CCN(Cc3nc(-c4ccco4)no3)CC2)O1. The molecule has 0 aromatic carbocycles. The van der Waals surface area contributed by atoms with Crippen molar-refractivity contribution in [1.29, 1.82) is 0 Å². The van der Waals surface area contributed by atoms with Gasteiger partial charge in [-0.3, -0.25) is 4.90 Å². The van der Waals surface area contributed by atoms with Gasteiger partial charge in [-0.15, -0.1) is 0 Å². The molecule has 4 heterocycles. The average molecular weight is 305 g/mol. The number of ether oxygens (including phenoxy) is 2. The number of cyclic esters (lactones) is 1. The minimum absolute atomic E-state index is 0.350. The first-order valence-corrected chi connectivity index (χ1v) is 7.17. The van der Waals surface area contributed by atoms with E-state index in [2.05, 4.69) is 15.0 Å². The van der Waals surface area contributed by atoms with Gasteiger partial charge in [-0.25, -0.2) is 4.79 Å². The number of hydrogen-bond donors (Lipinski definition) is 0. The molecule has 0 radical (unpaired) electrons. The van der Waals surface area contributed by atoms with Crippen molar-refractivity contribution in [2.75, 3.05) is 19.7 Å². The number of carbonyl (C=O) groups excluding carboxylic acids is 1. The summed E-state index contributed by atoms with van der Waals surface area (Å²) in [5, 5.41) is 3.91. The maximum atomic E-state index is 11.1. The van der Waals surface area contributed by atoms with Crippen molar-refractivity contribution in [3.8, 4) is 11.6 Å². The third kappa shape index (κ3) is 2.45. The fraction of sp³-hybridized carbons (Fsp3) is 0.500. The van der Waals surface area contributed by atoms with Crippen LogP contribution in [0.25, 0.3) is 11.6 Å². The molecule has 22 heavy (non-hydrogen) atoms. The van der Waals surface area contributed by atoms with Crippen molar-refractivity contribution in [2.24, 2.45) is 0 Å². The first-order chi connectivity index (χ1) is 10.7. The van der Waals surface area contributed by atoms with E-state index in [1.54, 1.807) is 18.4 Å². The lowest BCUT2D eigenvalue weighted by Gasteiger charge is -2.35. The van der Waals surface area contributed by atoms with Gasteiger partial charge in [-0.1, -0.05) is 5.16 Å². The zero-order valence-electron chi connectivity index (χ0n) is 11.9. The van der Waals surface area contributed by atoms with E-state index in [0.29, 0.717) is 30.6 Å². The van der Waals surface area contributed by atoms with Crippen LogP contribution in [-0.2, 0) is 16.0 Å². The van der Waals surface area contributed by atoms with Gasteiger partial charge in [0.25, 0.3) is 0 Å². The molecule has 2 saturated heterocycles. The molecule has 0 saturated carbocycles. The molecule has 0 unspecified atom stereocenters. The average Bonchev–Trinajstić information content (AvgIpc) is 3.24. The monoisotopic (exact) mass is 305 g/mol. The summed E-state index contributed by atoms with van der Waals surface area (Å²) in [4.78, 5) is 17.6. The lowest BCUT2D eigenvalue weighted by Crippen LogP contribution is -2.45. The Hall–Kier alpha value is -2.35. The molecule has 116 valence electrons. The summed E-state index contributed by atoms with van der Waals surface area (Å²) in [5.41, 5.74) is -0.443.